The normalized spacial score (nSPS) is 11.6. The Morgan fingerprint density at radius 2 is 1.67 bits per heavy atom. The van der Waals surface area contributed by atoms with Gasteiger partial charge in [0.2, 0.25) is 0 Å². The molecule has 30 heavy (non-hydrogen) atoms. The predicted molar refractivity (Wildman–Crippen MR) is 119 cm³/mol. The minimum absolute atomic E-state index is 0.000867. The van der Waals surface area contributed by atoms with E-state index in [2.05, 4.69) is 9.71 Å². The topological polar surface area (TPSA) is 81.1 Å². The number of benzene rings is 3. The fourth-order valence-corrected chi connectivity index (χ4v) is 4.96. The number of anilines is 1. The van der Waals surface area contributed by atoms with Crippen LogP contribution >= 0.6 is 11.6 Å². The molecule has 0 atom stereocenters. The highest BCUT2D eigenvalue weighted by molar-refractivity contribution is 7.92. The van der Waals surface area contributed by atoms with Crippen LogP contribution in [0, 0.1) is 13.8 Å². The van der Waals surface area contributed by atoms with Crippen LogP contribution < -0.4 is 10.3 Å². The number of aryl methyl sites for hydroxylation is 2. The summed E-state index contributed by atoms with van der Waals surface area (Å²) in [6.07, 6.45) is 0. The third kappa shape index (κ3) is 3.58. The zero-order valence-corrected chi connectivity index (χ0v) is 17.8. The van der Waals surface area contributed by atoms with Crippen molar-refractivity contribution in [2.45, 2.75) is 18.7 Å². The molecular weight excluding hydrogens is 422 g/mol. The van der Waals surface area contributed by atoms with Crippen LogP contribution in [-0.2, 0) is 10.0 Å². The number of rotatable bonds is 4. The molecule has 1 heterocycles. The Bertz CT molecular complexity index is 1450. The van der Waals surface area contributed by atoms with Crippen LogP contribution in [0.25, 0.3) is 16.6 Å². The second-order valence-electron chi connectivity index (χ2n) is 6.85. The highest BCUT2D eigenvalue weighted by Crippen LogP contribution is 2.26. The van der Waals surface area contributed by atoms with Crippen LogP contribution in [0.1, 0.15) is 11.4 Å². The van der Waals surface area contributed by atoms with Gasteiger partial charge in [-0.05, 0) is 61.9 Å². The third-order valence-corrected chi connectivity index (χ3v) is 6.65. The van der Waals surface area contributed by atoms with Gasteiger partial charge in [-0.15, -0.1) is 0 Å². The summed E-state index contributed by atoms with van der Waals surface area (Å²) in [5, 5.41) is 0.660. The van der Waals surface area contributed by atoms with E-state index in [9.17, 15) is 13.2 Å². The molecule has 0 unspecified atom stereocenters. The molecule has 0 spiro atoms. The molecule has 1 aromatic heterocycles. The van der Waals surface area contributed by atoms with Crippen molar-refractivity contribution in [3.63, 3.8) is 0 Å². The van der Waals surface area contributed by atoms with Crippen molar-refractivity contribution in [3.05, 3.63) is 93.5 Å². The summed E-state index contributed by atoms with van der Waals surface area (Å²) in [5.41, 5.74) is 2.12. The molecule has 4 rings (SSSR count). The minimum Gasteiger partial charge on any atom is -0.279 e. The van der Waals surface area contributed by atoms with E-state index in [1.165, 1.54) is 16.7 Å². The molecule has 0 aliphatic carbocycles. The predicted octanol–water partition coefficient (Wildman–Crippen LogP) is 4.46. The van der Waals surface area contributed by atoms with Gasteiger partial charge in [0.05, 0.1) is 27.3 Å². The Labute approximate surface area is 178 Å². The van der Waals surface area contributed by atoms with Gasteiger partial charge in [-0.2, -0.15) is 0 Å². The first-order chi connectivity index (χ1) is 14.3. The second-order valence-corrected chi connectivity index (χ2v) is 8.91. The first kappa shape index (κ1) is 20.1. The molecule has 0 bridgehead atoms. The van der Waals surface area contributed by atoms with Crippen molar-refractivity contribution >= 4 is 38.2 Å². The van der Waals surface area contributed by atoms with E-state index in [1.54, 1.807) is 62.4 Å². The number of halogens is 1. The van der Waals surface area contributed by atoms with Crippen LogP contribution in [0.2, 0.25) is 5.02 Å². The Kier molecular flexibility index (Phi) is 5.09. The molecular formula is C22H18ClN3O3S. The summed E-state index contributed by atoms with van der Waals surface area (Å²) >= 11 is 6.04. The lowest BCUT2D eigenvalue weighted by Crippen LogP contribution is -2.22. The highest BCUT2D eigenvalue weighted by atomic mass is 35.5. The maximum Gasteiger partial charge on any atom is 0.265 e. The second kappa shape index (κ2) is 7.59. The van der Waals surface area contributed by atoms with E-state index in [-0.39, 0.29) is 15.5 Å². The van der Waals surface area contributed by atoms with Gasteiger partial charge in [0.1, 0.15) is 10.7 Å². The van der Waals surface area contributed by atoms with Crippen molar-refractivity contribution in [1.29, 1.82) is 0 Å². The Balaban J connectivity index is 1.76. The van der Waals surface area contributed by atoms with Gasteiger partial charge in [-0.25, -0.2) is 13.4 Å². The Morgan fingerprint density at radius 3 is 2.40 bits per heavy atom. The van der Waals surface area contributed by atoms with Gasteiger partial charge in [0, 0.05) is 0 Å². The first-order valence-corrected chi connectivity index (χ1v) is 11.0. The Morgan fingerprint density at radius 1 is 0.967 bits per heavy atom. The first-order valence-electron chi connectivity index (χ1n) is 9.15. The molecule has 0 aliphatic heterocycles. The van der Waals surface area contributed by atoms with Gasteiger partial charge in [-0.1, -0.05) is 35.9 Å². The number of para-hydroxylation sites is 1. The van der Waals surface area contributed by atoms with E-state index in [0.717, 1.165) is 0 Å². The average molecular weight is 440 g/mol. The summed E-state index contributed by atoms with van der Waals surface area (Å²) in [5.74, 6) is 0.544. The molecule has 4 aromatic rings. The lowest BCUT2D eigenvalue weighted by Gasteiger charge is -2.15. The van der Waals surface area contributed by atoms with Gasteiger partial charge >= 0.3 is 0 Å². The molecule has 0 amide bonds. The molecule has 0 saturated carbocycles. The van der Waals surface area contributed by atoms with Crippen LogP contribution in [0.5, 0.6) is 0 Å². The minimum atomic E-state index is -3.85. The van der Waals surface area contributed by atoms with E-state index in [0.29, 0.717) is 33.7 Å². The zero-order chi connectivity index (χ0) is 21.5. The van der Waals surface area contributed by atoms with E-state index >= 15 is 0 Å². The number of nitrogens with zero attached hydrogens (tertiary/aromatic N) is 2. The number of aromatic nitrogens is 2. The number of sulfonamides is 1. The monoisotopic (exact) mass is 439 g/mol. The number of nitrogens with one attached hydrogen (secondary N) is 1. The number of hydrogen-bond acceptors (Lipinski definition) is 4. The largest absolute Gasteiger partial charge is 0.279 e. The summed E-state index contributed by atoms with van der Waals surface area (Å²) in [7, 11) is -3.85. The number of hydrogen-bond donors (Lipinski definition) is 1. The molecule has 152 valence electrons. The van der Waals surface area contributed by atoms with E-state index < -0.39 is 10.0 Å². The molecule has 6 nitrogen and oxygen atoms in total. The summed E-state index contributed by atoms with van der Waals surface area (Å²) in [4.78, 5) is 17.5. The zero-order valence-electron chi connectivity index (χ0n) is 16.3. The molecule has 1 N–H and O–H groups in total. The molecule has 0 saturated heterocycles. The van der Waals surface area contributed by atoms with Crippen LogP contribution in [0.3, 0.4) is 0 Å². The van der Waals surface area contributed by atoms with Crippen LogP contribution in [0.4, 0.5) is 5.69 Å². The fourth-order valence-electron chi connectivity index (χ4n) is 3.31. The van der Waals surface area contributed by atoms with Crippen molar-refractivity contribution in [1.82, 2.24) is 9.55 Å². The average Bonchev–Trinajstić information content (AvgIpc) is 2.70. The summed E-state index contributed by atoms with van der Waals surface area (Å²) < 4.78 is 29.5. The smallest absolute Gasteiger partial charge is 0.265 e. The lowest BCUT2D eigenvalue weighted by molar-refractivity contribution is 0.601. The van der Waals surface area contributed by atoms with Crippen LogP contribution in [0.15, 0.2) is 76.4 Å². The third-order valence-electron chi connectivity index (χ3n) is 4.78. The van der Waals surface area contributed by atoms with Crippen LogP contribution in [-0.4, -0.2) is 18.0 Å². The molecule has 0 aliphatic rings. The molecule has 8 heteroatoms. The lowest BCUT2D eigenvalue weighted by atomic mass is 10.1. The molecule has 3 aromatic carbocycles. The van der Waals surface area contributed by atoms with Crippen molar-refractivity contribution < 1.29 is 8.42 Å². The number of fused-ring (bicyclic) bond motifs is 1. The van der Waals surface area contributed by atoms with Gasteiger partial charge in [0.25, 0.3) is 15.6 Å². The quantitative estimate of drug-likeness (QED) is 0.509. The van der Waals surface area contributed by atoms with Crippen molar-refractivity contribution in [3.8, 4) is 5.69 Å². The SMILES string of the molecule is Cc1cc(-n2c(C)nc3ccccc3c2=O)ccc1NS(=O)(=O)c1ccccc1Cl. The van der Waals surface area contributed by atoms with Crippen molar-refractivity contribution in [2.75, 3.05) is 4.72 Å². The highest BCUT2D eigenvalue weighted by Gasteiger charge is 2.19. The molecule has 0 fully saturated rings. The summed E-state index contributed by atoms with van der Waals surface area (Å²) in [6, 6.07) is 18.5. The fraction of sp³-hybridized carbons (Fsp3) is 0.0909. The van der Waals surface area contributed by atoms with E-state index in [1.807, 2.05) is 6.07 Å². The van der Waals surface area contributed by atoms with Crippen molar-refractivity contribution in [2.24, 2.45) is 0 Å². The maximum absolute atomic E-state index is 13.0. The molecule has 0 radical (unpaired) electrons. The van der Waals surface area contributed by atoms with Gasteiger partial charge in [-0.3, -0.25) is 14.1 Å². The van der Waals surface area contributed by atoms with Gasteiger partial charge in [0.15, 0.2) is 0 Å². The summed E-state index contributed by atoms with van der Waals surface area (Å²) in [6.45, 7) is 3.53. The maximum atomic E-state index is 13.0. The van der Waals surface area contributed by atoms with E-state index in [4.69, 9.17) is 11.6 Å². The Hall–Kier alpha value is -3.16. The standard InChI is InChI=1S/C22H18ClN3O3S/c1-14-13-16(26-15(2)24-20-9-5-3-7-17(20)22(26)27)11-12-19(14)25-30(28,29)21-10-6-4-8-18(21)23/h3-13,25H,1-2H3. The van der Waals surface area contributed by atoms with Gasteiger partial charge < -0.3 is 0 Å².